The Morgan fingerprint density at radius 2 is 2.12 bits per heavy atom. The minimum Gasteiger partial charge on any atom is -0.492 e. The fourth-order valence-corrected chi connectivity index (χ4v) is 2.01. The number of benzene rings is 1. The van der Waals surface area contributed by atoms with E-state index in [1.807, 2.05) is 12.1 Å². The third-order valence-corrected chi connectivity index (χ3v) is 2.98. The molecule has 0 aliphatic heterocycles. The molecule has 0 aliphatic carbocycles. The van der Waals surface area contributed by atoms with Crippen LogP contribution >= 0.6 is 15.9 Å². The van der Waals surface area contributed by atoms with Gasteiger partial charge in [-0.05, 0) is 28.5 Å². The van der Waals surface area contributed by atoms with Crippen molar-refractivity contribution in [1.29, 1.82) is 0 Å². The van der Waals surface area contributed by atoms with Crippen LogP contribution in [0.15, 0.2) is 22.7 Å². The van der Waals surface area contributed by atoms with Crippen LogP contribution in [0.5, 0.6) is 5.75 Å². The van der Waals surface area contributed by atoms with Gasteiger partial charge in [0.05, 0.1) is 11.1 Å². The molecule has 3 nitrogen and oxygen atoms in total. The van der Waals surface area contributed by atoms with Gasteiger partial charge in [-0.3, -0.25) is 0 Å². The van der Waals surface area contributed by atoms with Crippen LogP contribution in [-0.2, 0) is 11.3 Å². The Morgan fingerprint density at radius 1 is 1.29 bits per heavy atom. The SMILES string of the molecule is CCNCc1cccc(Br)c1OCCCOC. The quantitative estimate of drug-likeness (QED) is 0.749. The highest BCUT2D eigenvalue weighted by atomic mass is 79.9. The van der Waals surface area contributed by atoms with Crippen molar-refractivity contribution in [3.8, 4) is 5.75 Å². The monoisotopic (exact) mass is 301 g/mol. The zero-order valence-corrected chi connectivity index (χ0v) is 12.0. The summed E-state index contributed by atoms with van der Waals surface area (Å²) in [5.41, 5.74) is 1.18. The summed E-state index contributed by atoms with van der Waals surface area (Å²) in [6, 6.07) is 6.11. The van der Waals surface area contributed by atoms with Gasteiger partial charge in [-0.2, -0.15) is 0 Å². The van der Waals surface area contributed by atoms with E-state index in [1.54, 1.807) is 7.11 Å². The predicted octanol–water partition coefficient (Wildman–Crippen LogP) is 2.97. The lowest BCUT2D eigenvalue weighted by atomic mass is 10.2. The molecule has 0 amide bonds. The summed E-state index contributed by atoms with van der Waals surface area (Å²) in [5, 5.41) is 3.31. The van der Waals surface area contributed by atoms with Gasteiger partial charge in [-0.25, -0.2) is 0 Å². The lowest BCUT2D eigenvalue weighted by Crippen LogP contribution is -2.13. The highest BCUT2D eigenvalue weighted by molar-refractivity contribution is 9.10. The molecule has 0 aliphatic rings. The molecule has 1 aromatic rings. The average molecular weight is 302 g/mol. The first kappa shape index (κ1) is 14.5. The molecule has 1 aromatic carbocycles. The Balaban J connectivity index is 2.60. The molecule has 4 heteroatoms. The first-order chi connectivity index (χ1) is 8.29. The van der Waals surface area contributed by atoms with Gasteiger partial charge in [0.15, 0.2) is 0 Å². The summed E-state index contributed by atoms with van der Waals surface area (Å²) in [7, 11) is 1.70. The molecule has 0 atom stereocenters. The topological polar surface area (TPSA) is 30.5 Å². The standard InChI is InChI=1S/C13H20BrNO2/c1-3-15-10-11-6-4-7-12(14)13(11)17-9-5-8-16-2/h4,6-7,15H,3,5,8-10H2,1-2H3. The van der Waals surface area contributed by atoms with Crippen molar-refractivity contribution >= 4 is 15.9 Å². The van der Waals surface area contributed by atoms with Crippen LogP contribution in [0.3, 0.4) is 0 Å². The fraction of sp³-hybridized carbons (Fsp3) is 0.538. The normalized spacial score (nSPS) is 10.5. The maximum atomic E-state index is 5.80. The molecule has 0 fully saturated rings. The van der Waals surface area contributed by atoms with Gasteiger partial charge in [0.2, 0.25) is 0 Å². The van der Waals surface area contributed by atoms with Gasteiger partial charge >= 0.3 is 0 Å². The third kappa shape index (κ3) is 5.06. The maximum absolute atomic E-state index is 5.80. The predicted molar refractivity (Wildman–Crippen MR) is 73.5 cm³/mol. The summed E-state index contributed by atoms with van der Waals surface area (Å²) in [6.45, 7) is 5.28. The highest BCUT2D eigenvalue weighted by Gasteiger charge is 2.07. The average Bonchev–Trinajstić information content (AvgIpc) is 2.34. The molecule has 0 heterocycles. The van der Waals surface area contributed by atoms with E-state index in [2.05, 4.69) is 34.2 Å². The van der Waals surface area contributed by atoms with Gasteiger partial charge < -0.3 is 14.8 Å². The third-order valence-electron chi connectivity index (χ3n) is 2.35. The Labute approximate surface area is 112 Å². The fourth-order valence-electron chi connectivity index (χ4n) is 1.49. The number of hydrogen-bond donors (Lipinski definition) is 1. The minimum atomic E-state index is 0.676. The molecule has 0 radical (unpaired) electrons. The van der Waals surface area contributed by atoms with Crippen LogP contribution in [0.25, 0.3) is 0 Å². The zero-order chi connectivity index (χ0) is 12.5. The second-order valence-electron chi connectivity index (χ2n) is 3.70. The van der Waals surface area contributed by atoms with Crippen molar-refractivity contribution < 1.29 is 9.47 Å². The van der Waals surface area contributed by atoms with Gasteiger partial charge in [-0.15, -0.1) is 0 Å². The van der Waals surface area contributed by atoms with E-state index < -0.39 is 0 Å². The van der Waals surface area contributed by atoms with Crippen LogP contribution in [0.2, 0.25) is 0 Å². The van der Waals surface area contributed by atoms with Crippen molar-refractivity contribution in [1.82, 2.24) is 5.32 Å². The lowest BCUT2D eigenvalue weighted by Gasteiger charge is -2.13. The summed E-state index contributed by atoms with van der Waals surface area (Å²) >= 11 is 3.52. The second kappa shape index (κ2) is 8.50. The first-order valence-corrected chi connectivity index (χ1v) is 6.68. The van der Waals surface area contributed by atoms with E-state index in [9.17, 15) is 0 Å². The molecule has 0 saturated carbocycles. The van der Waals surface area contributed by atoms with Crippen LogP contribution in [-0.4, -0.2) is 26.9 Å². The van der Waals surface area contributed by atoms with Crippen molar-refractivity contribution in [3.63, 3.8) is 0 Å². The molecule has 0 spiro atoms. The molecular weight excluding hydrogens is 282 g/mol. The van der Waals surface area contributed by atoms with Gasteiger partial charge in [0, 0.05) is 32.2 Å². The number of nitrogens with one attached hydrogen (secondary N) is 1. The number of ether oxygens (including phenoxy) is 2. The van der Waals surface area contributed by atoms with E-state index in [-0.39, 0.29) is 0 Å². The molecule has 0 saturated heterocycles. The second-order valence-corrected chi connectivity index (χ2v) is 4.56. The lowest BCUT2D eigenvalue weighted by molar-refractivity contribution is 0.171. The Kier molecular flexibility index (Phi) is 7.24. The number of methoxy groups -OCH3 is 1. The first-order valence-electron chi connectivity index (χ1n) is 5.89. The highest BCUT2D eigenvalue weighted by Crippen LogP contribution is 2.29. The van der Waals surface area contributed by atoms with Crippen LogP contribution in [0.4, 0.5) is 0 Å². The van der Waals surface area contributed by atoms with E-state index in [0.29, 0.717) is 6.61 Å². The zero-order valence-electron chi connectivity index (χ0n) is 10.5. The van der Waals surface area contributed by atoms with Crippen molar-refractivity contribution in [3.05, 3.63) is 28.2 Å². The molecule has 0 aromatic heterocycles. The van der Waals surface area contributed by atoms with Crippen molar-refractivity contribution in [2.24, 2.45) is 0 Å². The molecule has 1 N–H and O–H groups in total. The molecule has 1 rings (SSSR count). The smallest absolute Gasteiger partial charge is 0.137 e. The Hall–Kier alpha value is -0.580. The van der Waals surface area contributed by atoms with E-state index >= 15 is 0 Å². The Morgan fingerprint density at radius 3 is 2.82 bits per heavy atom. The van der Waals surface area contributed by atoms with Crippen LogP contribution in [0, 0.1) is 0 Å². The van der Waals surface area contributed by atoms with Gasteiger partial charge in [0.25, 0.3) is 0 Å². The van der Waals surface area contributed by atoms with Crippen molar-refractivity contribution in [2.75, 3.05) is 26.9 Å². The summed E-state index contributed by atoms with van der Waals surface area (Å²) in [5.74, 6) is 0.935. The molecule has 0 bridgehead atoms. The number of para-hydroxylation sites is 1. The summed E-state index contributed by atoms with van der Waals surface area (Å²) < 4.78 is 11.8. The summed E-state index contributed by atoms with van der Waals surface area (Å²) in [4.78, 5) is 0. The largest absolute Gasteiger partial charge is 0.492 e. The van der Waals surface area contributed by atoms with E-state index in [1.165, 1.54) is 5.56 Å². The number of hydrogen-bond acceptors (Lipinski definition) is 3. The van der Waals surface area contributed by atoms with E-state index in [0.717, 1.165) is 36.3 Å². The summed E-state index contributed by atoms with van der Waals surface area (Å²) in [6.07, 6.45) is 0.901. The van der Waals surface area contributed by atoms with Crippen molar-refractivity contribution in [2.45, 2.75) is 19.9 Å². The molecule has 17 heavy (non-hydrogen) atoms. The van der Waals surface area contributed by atoms with Gasteiger partial charge in [-0.1, -0.05) is 19.1 Å². The van der Waals surface area contributed by atoms with Crippen LogP contribution in [0.1, 0.15) is 18.9 Å². The molecule has 0 unspecified atom stereocenters. The van der Waals surface area contributed by atoms with Crippen LogP contribution < -0.4 is 10.1 Å². The van der Waals surface area contributed by atoms with Gasteiger partial charge in [0.1, 0.15) is 5.75 Å². The molecule has 96 valence electrons. The minimum absolute atomic E-state index is 0.676. The Bertz CT molecular complexity index is 331. The number of halogens is 1. The van der Waals surface area contributed by atoms with E-state index in [4.69, 9.17) is 9.47 Å². The molecular formula is C13H20BrNO2. The number of rotatable bonds is 8. The maximum Gasteiger partial charge on any atom is 0.137 e.